The Morgan fingerprint density at radius 1 is 1.38 bits per heavy atom. The van der Waals surface area contributed by atoms with Crippen molar-refractivity contribution in [3.05, 3.63) is 35.7 Å². The third-order valence-corrected chi connectivity index (χ3v) is 2.28. The molecule has 1 aliphatic rings. The normalized spacial score (nSPS) is 16.8. The topological polar surface area (TPSA) is 24.9 Å². The van der Waals surface area contributed by atoms with Gasteiger partial charge in [0.05, 0.1) is 5.69 Å². The number of aromatic nitrogens is 1. The van der Waals surface area contributed by atoms with Gasteiger partial charge in [-0.2, -0.15) is 0 Å². The third-order valence-electron chi connectivity index (χ3n) is 2.28. The number of hydrogen-bond donors (Lipinski definition) is 1. The van der Waals surface area contributed by atoms with E-state index >= 15 is 0 Å². The van der Waals surface area contributed by atoms with Gasteiger partial charge in [0, 0.05) is 12.2 Å². The molecule has 0 saturated carbocycles. The number of pyridine rings is 1. The maximum absolute atomic E-state index is 4.50. The number of nitrogens with one attached hydrogen (secondary N) is 1. The van der Waals surface area contributed by atoms with Crippen molar-refractivity contribution in [2.24, 2.45) is 0 Å². The van der Waals surface area contributed by atoms with Gasteiger partial charge in [-0.15, -0.1) is 0 Å². The zero-order valence-electron chi connectivity index (χ0n) is 7.88. The van der Waals surface area contributed by atoms with Gasteiger partial charge in [0.25, 0.3) is 0 Å². The molecule has 0 spiro atoms. The molecule has 2 rings (SSSR count). The second-order valence-electron chi connectivity index (χ2n) is 3.35. The number of aryl methyl sites for hydroxylation is 1. The zero-order chi connectivity index (χ0) is 9.10. The minimum absolute atomic E-state index is 0.977. The summed E-state index contributed by atoms with van der Waals surface area (Å²) in [6, 6.07) is 6.19. The van der Waals surface area contributed by atoms with E-state index in [4.69, 9.17) is 0 Å². The van der Waals surface area contributed by atoms with Crippen LogP contribution in [-0.2, 0) is 0 Å². The Bertz CT molecular complexity index is 329. The fourth-order valence-corrected chi connectivity index (χ4v) is 1.58. The van der Waals surface area contributed by atoms with Gasteiger partial charge in [0.1, 0.15) is 0 Å². The average Bonchev–Trinajstić information content (AvgIpc) is 2.19. The van der Waals surface area contributed by atoms with Gasteiger partial charge in [-0.3, -0.25) is 4.98 Å². The average molecular weight is 174 g/mol. The maximum atomic E-state index is 4.50. The molecule has 1 aromatic rings. The molecule has 1 aliphatic heterocycles. The zero-order valence-corrected chi connectivity index (χ0v) is 7.88. The van der Waals surface area contributed by atoms with E-state index in [1.165, 1.54) is 5.57 Å². The molecule has 0 saturated heterocycles. The second-order valence-corrected chi connectivity index (χ2v) is 3.35. The summed E-state index contributed by atoms with van der Waals surface area (Å²) < 4.78 is 0. The first-order chi connectivity index (χ1) is 6.36. The molecule has 0 bridgehead atoms. The van der Waals surface area contributed by atoms with Crippen LogP contribution in [0.3, 0.4) is 0 Å². The van der Waals surface area contributed by atoms with Crippen molar-refractivity contribution in [3.63, 3.8) is 0 Å². The standard InChI is InChI=1S/C11H14N2/c1-9-3-2-4-11(13-9)10-5-7-12-8-6-10/h2-5,12H,6-8H2,1H3. The lowest BCUT2D eigenvalue weighted by atomic mass is 10.1. The van der Waals surface area contributed by atoms with E-state index in [0.29, 0.717) is 0 Å². The van der Waals surface area contributed by atoms with E-state index in [1.807, 2.05) is 13.0 Å². The SMILES string of the molecule is Cc1cccc(C2=CCNCC2)n1. The number of hydrogen-bond acceptors (Lipinski definition) is 2. The molecule has 0 aliphatic carbocycles. The van der Waals surface area contributed by atoms with Gasteiger partial charge in [-0.05, 0) is 37.6 Å². The highest BCUT2D eigenvalue weighted by Gasteiger charge is 2.05. The van der Waals surface area contributed by atoms with Crippen LogP contribution in [0, 0.1) is 6.92 Å². The predicted octanol–water partition coefficient (Wildman–Crippen LogP) is 1.77. The Balaban J connectivity index is 2.29. The van der Waals surface area contributed by atoms with E-state index in [2.05, 4.69) is 28.5 Å². The Hall–Kier alpha value is -1.15. The van der Waals surface area contributed by atoms with Crippen LogP contribution < -0.4 is 5.32 Å². The summed E-state index contributed by atoms with van der Waals surface area (Å²) in [4.78, 5) is 4.50. The van der Waals surface area contributed by atoms with Gasteiger partial charge >= 0.3 is 0 Å². The molecule has 2 heterocycles. The van der Waals surface area contributed by atoms with Crippen molar-refractivity contribution in [2.75, 3.05) is 13.1 Å². The first-order valence-corrected chi connectivity index (χ1v) is 4.70. The van der Waals surface area contributed by atoms with Gasteiger partial charge in [-0.1, -0.05) is 12.1 Å². The molecule has 2 nitrogen and oxygen atoms in total. The molecule has 68 valence electrons. The van der Waals surface area contributed by atoms with Crippen molar-refractivity contribution >= 4 is 5.57 Å². The Morgan fingerprint density at radius 2 is 2.31 bits per heavy atom. The molecule has 0 atom stereocenters. The van der Waals surface area contributed by atoms with Gasteiger partial charge in [0.15, 0.2) is 0 Å². The van der Waals surface area contributed by atoms with Crippen molar-refractivity contribution in [3.8, 4) is 0 Å². The molecule has 0 amide bonds. The smallest absolute Gasteiger partial charge is 0.0662 e. The maximum Gasteiger partial charge on any atom is 0.0662 e. The van der Waals surface area contributed by atoms with Crippen LogP contribution in [0.25, 0.3) is 5.57 Å². The van der Waals surface area contributed by atoms with Crippen molar-refractivity contribution in [1.82, 2.24) is 10.3 Å². The fourth-order valence-electron chi connectivity index (χ4n) is 1.58. The molecule has 13 heavy (non-hydrogen) atoms. The largest absolute Gasteiger partial charge is 0.313 e. The predicted molar refractivity (Wildman–Crippen MR) is 54.4 cm³/mol. The highest BCUT2D eigenvalue weighted by atomic mass is 14.9. The second kappa shape index (κ2) is 3.71. The molecular weight excluding hydrogens is 160 g/mol. The van der Waals surface area contributed by atoms with E-state index in [1.54, 1.807) is 0 Å². The highest BCUT2D eigenvalue weighted by Crippen LogP contribution is 2.17. The van der Waals surface area contributed by atoms with Crippen LogP contribution >= 0.6 is 0 Å². The van der Waals surface area contributed by atoms with E-state index in [9.17, 15) is 0 Å². The summed E-state index contributed by atoms with van der Waals surface area (Å²) in [7, 11) is 0. The van der Waals surface area contributed by atoms with Crippen LogP contribution in [0.15, 0.2) is 24.3 Å². The van der Waals surface area contributed by atoms with Crippen LogP contribution in [0.4, 0.5) is 0 Å². The minimum Gasteiger partial charge on any atom is -0.313 e. The monoisotopic (exact) mass is 174 g/mol. The minimum atomic E-state index is 0.977. The van der Waals surface area contributed by atoms with Crippen LogP contribution in [-0.4, -0.2) is 18.1 Å². The van der Waals surface area contributed by atoms with Crippen molar-refractivity contribution in [2.45, 2.75) is 13.3 Å². The fraction of sp³-hybridized carbons (Fsp3) is 0.364. The van der Waals surface area contributed by atoms with Crippen molar-refractivity contribution < 1.29 is 0 Å². The summed E-state index contributed by atoms with van der Waals surface area (Å²) in [6.07, 6.45) is 3.32. The Labute approximate surface area is 78.7 Å². The lowest BCUT2D eigenvalue weighted by Crippen LogP contribution is -2.20. The number of rotatable bonds is 1. The first-order valence-electron chi connectivity index (χ1n) is 4.70. The lowest BCUT2D eigenvalue weighted by molar-refractivity contribution is 0.736. The molecule has 0 radical (unpaired) electrons. The van der Waals surface area contributed by atoms with Crippen LogP contribution in [0.5, 0.6) is 0 Å². The highest BCUT2D eigenvalue weighted by molar-refractivity contribution is 5.63. The quantitative estimate of drug-likeness (QED) is 0.701. The Kier molecular flexibility index (Phi) is 2.41. The third kappa shape index (κ3) is 1.95. The van der Waals surface area contributed by atoms with Crippen LogP contribution in [0.2, 0.25) is 0 Å². The van der Waals surface area contributed by atoms with Gasteiger partial charge in [0.2, 0.25) is 0 Å². The van der Waals surface area contributed by atoms with E-state index < -0.39 is 0 Å². The lowest BCUT2D eigenvalue weighted by Gasteiger charge is -2.13. The summed E-state index contributed by atoms with van der Waals surface area (Å²) in [5.74, 6) is 0. The first kappa shape index (κ1) is 8.45. The number of nitrogens with zero attached hydrogens (tertiary/aromatic N) is 1. The molecular formula is C11H14N2. The van der Waals surface area contributed by atoms with E-state index in [0.717, 1.165) is 30.9 Å². The Morgan fingerprint density at radius 3 is 3.00 bits per heavy atom. The summed E-state index contributed by atoms with van der Waals surface area (Å²) in [6.45, 7) is 4.08. The van der Waals surface area contributed by atoms with Crippen LogP contribution in [0.1, 0.15) is 17.8 Å². The summed E-state index contributed by atoms with van der Waals surface area (Å²) in [5, 5.41) is 3.29. The van der Waals surface area contributed by atoms with E-state index in [-0.39, 0.29) is 0 Å². The summed E-state index contributed by atoms with van der Waals surface area (Å²) in [5.41, 5.74) is 3.61. The molecule has 1 N–H and O–H groups in total. The van der Waals surface area contributed by atoms with Gasteiger partial charge in [-0.25, -0.2) is 0 Å². The molecule has 0 unspecified atom stereocenters. The van der Waals surface area contributed by atoms with Gasteiger partial charge < -0.3 is 5.32 Å². The molecule has 0 aromatic carbocycles. The molecule has 1 aromatic heterocycles. The van der Waals surface area contributed by atoms with Crippen molar-refractivity contribution in [1.29, 1.82) is 0 Å². The molecule has 0 fully saturated rings. The summed E-state index contributed by atoms with van der Waals surface area (Å²) >= 11 is 0. The molecule has 2 heteroatoms.